The van der Waals surface area contributed by atoms with Crippen LogP contribution in [-0.2, 0) is 17.8 Å². The average molecular weight is 464 g/mol. The van der Waals surface area contributed by atoms with Crippen molar-refractivity contribution in [2.45, 2.75) is 26.4 Å². The van der Waals surface area contributed by atoms with Crippen LogP contribution in [0.3, 0.4) is 0 Å². The summed E-state index contributed by atoms with van der Waals surface area (Å²) in [5.41, 5.74) is 0.255. The predicted octanol–water partition coefficient (Wildman–Crippen LogP) is 5.62. The Hall–Kier alpha value is -1.70. The van der Waals surface area contributed by atoms with Crippen molar-refractivity contribution in [1.29, 1.82) is 0 Å². The summed E-state index contributed by atoms with van der Waals surface area (Å²) in [7, 11) is 0. The van der Waals surface area contributed by atoms with E-state index in [0.29, 0.717) is 27.4 Å². The Morgan fingerprint density at radius 3 is 2.44 bits per heavy atom. The van der Waals surface area contributed by atoms with Crippen LogP contribution in [0.2, 0.25) is 5.02 Å². The summed E-state index contributed by atoms with van der Waals surface area (Å²) in [5.74, 6) is -1.35. The number of rotatable bonds is 9. The molecular weight excluding hydrogens is 445 g/mol. The summed E-state index contributed by atoms with van der Waals surface area (Å²) in [6.07, 6.45) is 2.40. The van der Waals surface area contributed by atoms with Crippen LogP contribution >= 0.6 is 27.5 Å². The number of benzene rings is 2. The van der Waals surface area contributed by atoms with E-state index in [1.54, 1.807) is 12.1 Å². The molecule has 0 fully saturated rings. The fraction of sp³-hybridized carbons (Fsp3) is 0.263. The summed E-state index contributed by atoms with van der Waals surface area (Å²) in [6, 6.07) is 6.86. The molecule has 27 heavy (non-hydrogen) atoms. The molecule has 3 nitrogen and oxygen atoms in total. The highest BCUT2D eigenvalue weighted by atomic mass is 79.9. The van der Waals surface area contributed by atoms with Crippen molar-refractivity contribution in [3.63, 3.8) is 0 Å². The van der Waals surface area contributed by atoms with Crippen molar-refractivity contribution in [2.75, 3.05) is 6.73 Å². The Labute approximate surface area is 169 Å². The topological polar surface area (TPSA) is 33.3 Å². The zero-order valence-corrected chi connectivity index (χ0v) is 16.9. The molecule has 0 aromatic heterocycles. The van der Waals surface area contributed by atoms with Gasteiger partial charge in [0.15, 0.2) is 5.88 Å². The van der Waals surface area contributed by atoms with Crippen LogP contribution in [-0.4, -0.2) is 6.73 Å². The standard InChI is InChI=1S/C19H19BrClF3N2O/c1-2-4-19(26-10-14-17(23)7-12(20)8-18(14)24)27-11-25-9-13-15(21)5-3-6-16(13)22/h3-8,25-26H,2,9-11H2,1H3/b19-4-. The van der Waals surface area contributed by atoms with E-state index in [9.17, 15) is 13.2 Å². The third-order valence-corrected chi connectivity index (χ3v) is 4.44. The van der Waals surface area contributed by atoms with E-state index in [1.165, 1.54) is 24.3 Å². The smallest absolute Gasteiger partial charge is 0.184 e. The van der Waals surface area contributed by atoms with Crippen LogP contribution in [0, 0.1) is 17.5 Å². The van der Waals surface area contributed by atoms with Gasteiger partial charge in [-0.05, 0) is 36.8 Å². The van der Waals surface area contributed by atoms with Gasteiger partial charge in [-0.1, -0.05) is 40.5 Å². The molecule has 2 N–H and O–H groups in total. The molecular formula is C19H19BrClF3N2O. The summed E-state index contributed by atoms with van der Waals surface area (Å²) in [5, 5.41) is 6.11. The molecule has 0 aliphatic heterocycles. The molecule has 0 saturated heterocycles. The van der Waals surface area contributed by atoms with Crippen LogP contribution < -0.4 is 10.6 Å². The fourth-order valence-electron chi connectivity index (χ4n) is 2.29. The van der Waals surface area contributed by atoms with Crippen molar-refractivity contribution in [2.24, 2.45) is 0 Å². The molecule has 0 saturated carbocycles. The van der Waals surface area contributed by atoms with Gasteiger partial charge < -0.3 is 10.1 Å². The Morgan fingerprint density at radius 1 is 1.11 bits per heavy atom. The minimum absolute atomic E-state index is 0.0643. The molecule has 8 heteroatoms. The second kappa shape index (κ2) is 10.6. The van der Waals surface area contributed by atoms with E-state index < -0.39 is 17.5 Å². The fourth-order valence-corrected chi connectivity index (χ4v) is 2.92. The molecule has 2 aromatic carbocycles. The minimum atomic E-state index is -0.655. The molecule has 0 unspecified atom stereocenters. The molecule has 0 amide bonds. The van der Waals surface area contributed by atoms with Crippen LogP contribution in [0.5, 0.6) is 0 Å². The third-order valence-electron chi connectivity index (χ3n) is 3.63. The van der Waals surface area contributed by atoms with Crippen LogP contribution in [0.25, 0.3) is 0 Å². The van der Waals surface area contributed by atoms with E-state index >= 15 is 0 Å². The summed E-state index contributed by atoms with van der Waals surface area (Å²) in [4.78, 5) is 0. The number of allylic oxidation sites excluding steroid dienone is 1. The molecule has 0 spiro atoms. The van der Waals surface area contributed by atoms with Gasteiger partial charge in [-0.3, -0.25) is 5.32 Å². The van der Waals surface area contributed by atoms with Gasteiger partial charge in [0.2, 0.25) is 0 Å². The van der Waals surface area contributed by atoms with Crippen molar-refractivity contribution >= 4 is 27.5 Å². The lowest BCUT2D eigenvalue weighted by atomic mass is 10.2. The third kappa shape index (κ3) is 6.45. The quantitative estimate of drug-likeness (QED) is 0.287. The highest BCUT2D eigenvalue weighted by Crippen LogP contribution is 2.20. The molecule has 0 atom stereocenters. The lowest BCUT2D eigenvalue weighted by Crippen LogP contribution is -2.23. The summed E-state index contributed by atoms with van der Waals surface area (Å²) >= 11 is 9.00. The van der Waals surface area contributed by atoms with Crippen molar-refractivity contribution in [3.8, 4) is 0 Å². The Balaban J connectivity index is 1.88. The number of hydrogen-bond acceptors (Lipinski definition) is 3. The highest BCUT2D eigenvalue weighted by Gasteiger charge is 2.11. The second-order valence-electron chi connectivity index (χ2n) is 5.59. The van der Waals surface area contributed by atoms with Gasteiger partial charge in [-0.25, -0.2) is 13.2 Å². The Bertz CT molecular complexity index is 774. The molecule has 2 rings (SSSR count). The Kier molecular flexibility index (Phi) is 8.47. The lowest BCUT2D eigenvalue weighted by molar-refractivity contribution is 0.165. The van der Waals surface area contributed by atoms with E-state index in [1.807, 2.05) is 6.92 Å². The average Bonchev–Trinajstić information content (AvgIpc) is 2.59. The van der Waals surface area contributed by atoms with Gasteiger partial charge in [-0.15, -0.1) is 0 Å². The number of nitrogens with one attached hydrogen (secondary N) is 2. The molecule has 0 aliphatic rings. The zero-order chi connectivity index (χ0) is 19.8. The first-order valence-corrected chi connectivity index (χ1v) is 9.43. The van der Waals surface area contributed by atoms with Crippen molar-refractivity contribution in [3.05, 3.63) is 80.4 Å². The van der Waals surface area contributed by atoms with Gasteiger partial charge in [0.05, 0.1) is 0 Å². The second-order valence-corrected chi connectivity index (χ2v) is 6.92. The Morgan fingerprint density at radius 2 is 1.81 bits per heavy atom. The number of ether oxygens (including phenoxy) is 1. The monoisotopic (exact) mass is 462 g/mol. The van der Waals surface area contributed by atoms with Gasteiger partial charge in [0, 0.05) is 33.7 Å². The zero-order valence-electron chi connectivity index (χ0n) is 14.6. The van der Waals surface area contributed by atoms with E-state index in [0.717, 1.165) is 0 Å². The van der Waals surface area contributed by atoms with Crippen LogP contribution in [0.15, 0.2) is 46.8 Å². The van der Waals surface area contributed by atoms with Crippen molar-refractivity contribution < 1.29 is 17.9 Å². The molecule has 0 heterocycles. The molecule has 0 aliphatic carbocycles. The molecule has 146 valence electrons. The van der Waals surface area contributed by atoms with E-state index in [-0.39, 0.29) is 25.4 Å². The first-order chi connectivity index (χ1) is 12.9. The van der Waals surface area contributed by atoms with Gasteiger partial charge >= 0.3 is 0 Å². The number of halogens is 5. The van der Waals surface area contributed by atoms with E-state index in [2.05, 4.69) is 26.6 Å². The van der Waals surface area contributed by atoms with Crippen LogP contribution in [0.1, 0.15) is 24.5 Å². The van der Waals surface area contributed by atoms with Crippen LogP contribution in [0.4, 0.5) is 13.2 Å². The lowest BCUT2D eigenvalue weighted by Gasteiger charge is -2.15. The molecule has 0 bridgehead atoms. The molecule has 0 radical (unpaired) electrons. The molecule has 2 aromatic rings. The minimum Gasteiger partial charge on any atom is -0.464 e. The largest absolute Gasteiger partial charge is 0.464 e. The predicted molar refractivity (Wildman–Crippen MR) is 103 cm³/mol. The summed E-state index contributed by atoms with van der Waals surface area (Å²) in [6.45, 7) is 2.07. The summed E-state index contributed by atoms with van der Waals surface area (Å²) < 4.78 is 47.3. The highest BCUT2D eigenvalue weighted by molar-refractivity contribution is 9.10. The van der Waals surface area contributed by atoms with E-state index in [4.69, 9.17) is 16.3 Å². The van der Waals surface area contributed by atoms with Gasteiger partial charge in [0.1, 0.15) is 24.2 Å². The van der Waals surface area contributed by atoms with Gasteiger partial charge in [-0.2, -0.15) is 0 Å². The maximum absolute atomic E-state index is 13.9. The van der Waals surface area contributed by atoms with Gasteiger partial charge in [0.25, 0.3) is 0 Å². The number of hydrogen-bond donors (Lipinski definition) is 2. The van der Waals surface area contributed by atoms with Crippen molar-refractivity contribution in [1.82, 2.24) is 10.6 Å². The maximum Gasteiger partial charge on any atom is 0.184 e. The normalized spacial score (nSPS) is 11.6. The maximum atomic E-state index is 13.9. The first-order valence-electron chi connectivity index (χ1n) is 8.26. The first kappa shape index (κ1) is 21.6. The SMILES string of the molecule is CC/C=C(/NCc1c(F)cc(Br)cc1F)OCNCc1c(F)cccc1Cl.